The van der Waals surface area contributed by atoms with Gasteiger partial charge in [-0.15, -0.1) is 0 Å². The molecule has 25 heavy (non-hydrogen) atoms. The molecule has 2 N–H and O–H groups in total. The number of pyridine rings is 1. The van der Waals surface area contributed by atoms with Crippen LogP contribution in [0.3, 0.4) is 0 Å². The van der Waals surface area contributed by atoms with E-state index >= 15 is 0 Å². The SMILES string of the molecule is Oc1cccc(-c2ccnc3n[nH]c(-c4ccc5c(c4)OCO5)c23)c1. The van der Waals surface area contributed by atoms with Crippen molar-refractivity contribution < 1.29 is 14.6 Å². The smallest absolute Gasteiger partial charge is 0.231 e. The van der Waals surface area contributed by atoms with E-state index < -0.39 is 0 Å². The van der Waals surface area contributed by atoms with Crippen LogP contribution < -0.4 is 9.47 Å². The number of hydrogen-bond donors (Lipinski definition) is 2. The van der Waals surface area contributed by atoms with Crippen LogP contribution in [0.2, 0.25) is 0 Å². The summed E-state index contributed by atoms with van der Waals surface area (Å²) in [5.41, 5.74) is 4.24. The summed E-state index contributed by atoms with van der Waals surface area (Å²) in [6, 6.07) is 14.8. The number of aromatic hydroxyl groups is 1. The molecule has 1 aliphatic rings. The number of hydrogen-bond acceptors (Lipinski definition) is 5. The molecule has 0 spiro atoms. The maximum Gasteiger partial charge on any atom is 0.231 e. The number of phenols is 1. The number of fused-ring (bicyclic) bond motifs is 2. The number of nitrogens with zero attached hydrogens (tertiary/aromatic N) is 2. The molecule has 4 aromatic rings. The first-order valence-electron chi connectivity index (χ1n) is 7.82. The summed E-state index contributed by atoms with van der Waals surface area (Å²) in [6.45, 7) is 0.235. The lowest BCUT2D eigenvalue weighted by atomic mass is 9.99. The lowest BCUT2D eigenvalue weighted by molar-refractivity contribution is 0.174. The molecule has 1 aliphatic heterocycles. The number of rotatable bonds is 2. The van der Waals surface area contributed by atoms with E-state index in [9.17, 15) is 5.11 Å². The van der Waals surface area contributed by atoms with Gasteiger partial charge < -0.3 is 14.6 Å². The van der Waals surface area contributed by atoms with Gasteiger partial charge in [0.2, 0.25) is 6.79 Å². The van der Waals surface area contributed by atoms with E-state index in [0.717, 1.165) is 33.5 Å². The predicted molar refractivity (Wildman–Crippen MR) is 92.5 cm³/mol. The summed E-state index contributed by atoms with van der Waals surface area (Å²) in [4.78, 5) is 4.35. The molecule has 6 heteroatoms. The van der Waals surface area contributed by atoms with Crippen molar-refractivity contribution in [3.05, 3.63) is 54.7 Å². The topological polar surface area (TPSA) is 80.3 Å². The summed E-state index contributed by atoms with van der Waals surface area (Å²) in [5.74, 6) is 1.66. The molecule has 0 atom stereocenters. The summed E-state index contributed by atoms with van der Waals surface area (Å²) < 4.78 is 10.9. The molecule has 5 rings (SSSR count). The lowest BCUT2D eigenvalue weighted by Gasteiger charge is -2.07. The van der Waals surface area contributed by atoms with Gasteiger partial charge in [0, 0.05) is 11.8 Å². The average Bonchev–Trinajstić information content (AvgIpc) is 3.27. The van der Waals surface area contributed by atoms with Crippen molar-refractivity contribution >= 4 is 11.0 Å². The van der Waals surface area contributed by atoms with Gasteiger partial charge >= 0.3 is 0 Å². The molecular weight excluding hydrogens is 318 g/mol. The Kier molecular flexibility index (Phi) is 2.90. The van der Waals surface area contributed by atoms with Crippen LogP contribution in [0.5, 0.6) is 17.2 Å². The first-order valence-corrected chi connectivity index (χ1v) is 7.82. The zero-order valence-corrected chi connectivity index (χ0v) is 13.1. The standard InChI is InChI=1S/C19H13N3O3/c23-13-3-1-2-11(8-13)14-6-7-20-19-17(14)18(21-22-19)12-4-5-15-16(9-12)25-10-24-15/h1-9,23H,10H2,(H,20,21,22). The largest absolute Gasteiger partial charge is 0.508 e. The van der Waals surface area contributed by atoms with Crippen LogP contribution in [0.15, 0.2) is 54.7 Å². The zero-order valence-electron chi connectivity index (χ0n) is 13.1. The van der Waals surface area contributed by atoms with Gasteiger partial charge in [-0.2, -0.15) is 5.10 Å². The minimum absolute atomic E-state index is 0.218. The third kappa shape index (κ3) is 2.19. The third-order valence-corrected chi connectivity index (χ3v) is 4.27. The third-order valence-electron chi connectivity index (χ3n) is 4.27. The number of H-pyrrole nitrogens is 1. The number of phenolic OH excluding ortho intramolecular Hbond substituents is 1. The highest BCUT2D eigenvalue weighted by Crippen LogP contribution is 2.39. The highest BCUT2D eigenvalue weighted by molar-refractivity contribution is 6.02. The first kappa shape index (κ1) is 13.9. The maximum absolute atomic E-state index is 9.82. The summed E-state index contributed by atoms with van der Waals surface area (Å²) in [5, 5.41) is 18.1. The monoisotopic (exact) mass is 331 g/mol. The molecule has 6 nitrogen and oxygen atoms in total. The van der Waals surface area contributed by atoms with Crippen LogP contribution in [0.25, 0.3) is 33.4 Å². The first-order chi connectivity index (χ1) is 12.3. The molecule has 2 aromatic heterocycles. The van der Waals surface area contributed by atoms with Crippen LogP contribution in [-0.4, -0.2) is 27.1 Å². The Hall–Kier alpha value is -3.54. The number of ether oxygens (including phenoxy) is 2. The van der Waals surface area contributed by atoms with Crippen LogP contribution >= 0.6 is 0 Å². The van der Waals surface area contributed by atoms with Gasteiger partial charge in [-0.3, -0.25) is 5.10 Å². The van der Waals surface area contributed by atoms with E-state index in [1.807, 2.05) is 36.4 Å². The van der Waals surface area contributed by atoms with Crippen LogP contribution in [0, 0.1) is 0 Å². The summed E-state index contributed by atoms with van der Waals surface area (Å²) >= 11 is 0. The van der Waals surface area contributed by atoms with Crippen molar-refractivity contribution in [2.75, 3.05) is 6.79 Å². The molecule has 2 aromatic carbocycles. The van der Waals surface area contributed by atoms with Crippen molar-refractivity contribution in [3.8, 4) is 39.6 Å². The van der Waals surface area contributed by atoms with E-state index in [0.29, 0.717) is 11.4 Å². The molecule has 0 amide bonds. The van der Waals surface area contributed by atoms with Crippen molar-refractivity contribution in [1.82, 2.24) is 15.2 Å². The van der Waals surface area contributed by atoms with Crippen LogP contribution in [0.1, 0.15) is 0 Å². The highest BCUT2D eigenvalue weighted by atomic mass is 16.7. The Bertz CT molecular complexity index is 1100. The molecule has 0 bridgehead atoms. The van der Waals surface area contributed by atoms with Crippen molar-refractivity contribution in [2.24, 2.45) is 0 Å². The van der Waals surface area contributed by atoms with E-state index in [2.05, 4.69) is 15.2 Å². The van der Waals surface area contributed by atoms with E-state index in [1.165, 1.54) is 0 Å². The molecule has 0 saturated carbocycles. The normalized spacial score (nSPS) is 12.6. The number of aromatic nitrogens is 3. The Morgan fingerprint density at radius 3 is 2.80 bits per heavy atom. The molecule has 0 saturated heterocycles. The number of nitrogens with one attached hydrogen (secondary N) is 1. The average molecular weight is 331 g/mol. The lowest BCUT2D eigenvalue weighted by Crippen LogP contribution is -1.92. The van der Waals surface area contributed by atoms with Crippen LogP contribution in [0.4, 0.5) is 0 Å². The number of benzene rings is 2. The second-order valence-electron chi connectivity index (χ2n) is 5.77. The summed E-state index contributed by atoms with van der Waals surface area (Å²) in [6.07, 6.45) is 1.71. The Morgan fingerprint density at radius 1 is 0.960 bits per heavy atom. The van der Waals surface area contributed by atoms with E-state index in [4.69, 9.17) is 9.47 Å². The van der Waals surface area contributed by atoms with Gasteiger partial charge in [-0.05, 0) is 47.5 Å². The molecule has 122 valence electrons. The fraction of sp³-hybridized carbons (Fsp3) is 0.0526. The molecule has 0 aliphatic carbocycles. The van der Waals surface area contributed by atoms with Gasteiger partial charge in [0.05, 0.1) is 11.1 Å². The minimum atomic E-state index is 0.218. The van der Waals surface area contributed by atoms with Gasteiger partial charge in [-0.1, -0.05) is 12.1 Å². The van der Waals surface area contributed by atoms with E-state index in [-0.39, 0.29) is 12.5 Å². The highest BCUT2D eigenvalue weighted by Gasteiger charge is 2.18. The van der Waals surface area contributed by atoms with Gasteiger partial charge in [0.25, 0.3) is 0 Å². The Morgan fingerprint density at radius 2 is 1.88 bits per heavy atom. The predicted octanol–water partition coefficient (Wildman–Crippen LogP) is 3.73. The Balaban J connectivity index is 1.75. The molecule has 0 radical (unpaired) electrons. The molecule has 3 heterocycles. The number of aromatic amines is 1. The van der Waals surface area contributed by atoms with E-state index in [1.54, 1.807) is 18.3 Å². The van der Waals surface area contributed by atoms with Gasteiger partial charge in [0.15, 0.2) is 17.1 Å². The molecule has 0 fully saturated rings. The minimum Gasteiger partial charge on any atom is -0.508 e. The maximum atomic E-state index is 9.82. The zero-order chi connectivity index (χ0) is 16.8. The van der Waals surface area contributed by atoms with Crippen molar-refractivity contribution in [1.29, 1.82) is 0 Å². The summed E-state index contributed by atoms with van der Waals surface area (Å²) in [7, 11) is 0. The second-order valence-corrected chi connectivity index (χ2v) is 5.77. The van der Waals surface area contributed by atoms with Crippen molar-refractivity contribution in [2.45, 2.75) is 0 Å². The molecular formula is C19H13N3O3. The fourth-order valence-electron chi connectivity index (χ4n) is 3.12. The van der Waals surface area contributed by atoms with Crippen LogP contribution in [-0.2, 0) is 0 Å². The van der Waals surface area contributed by atoms with Crippen molar-refractivity contribution in [3.63, 3.8) is 0 Å². The second kappa shape index (κ2) is 5.24. The van der Waals surface area contributed by atoms with Gasteiger partial charge in [0.1, 0.15) is 5.75 Å². The fourth-order valence-corrected chi connectivity index (χ4v) is 3.12. The Labute approximate surface area is 142 Å². The van der Waals surface area contributed by atoms with Gasteiger partial charge in [-0.25, -0.2) is 4.98 Å². The molecule has 0 unspecified atom stereocenters. The quantitative estimate of drug-likeness (QED) is 0.585.